The fourth-order valence-electron chi connectivity index (χ4n) is 2.05. The largest absolute Gasteiger partial charge is 0.357 e. The molecule has 1 aliphatic rings. The molecule has 1 aliphatic heterocycles. The van der Waals surface area contributed by atoms with Gasteiger partial charge in [0.15, 0.2) is 5.96 Å². The van der Waals surface area contributed by atoms with E-state index in [-0.39, 0.29) is 24.0 Å². The molecule has 0 radical (unpaired) electrons. The first-order valence-corrected chi connectivity index (χ1v) is 8.10. The molecule has 0 aromatic rings. The molecule has 5 heteroatoms. The summed E-state index contributed by atoms with van der Waals surface area (Å²) in [6, 6.07) is 0. The van der Waals surface area contributed by atoms with Gasteiger partial charge in [0.25, 0.3) is 0 Å². The molecule has 0 bridgehead atoms. The zero-order chi connectivity index (χ0) is 13.6. The summed E-state index contributed by atoms with van der Waals surface area (Å²) >= 11 is 2.06. The third-order valence-electron chi connectivity index (χ3n) is 3.03. The van der Waals surface area contributed by atoms with Gasteiger partial charge in [-0.2, -0.15) is 11.8 Å². The predicted octanol–water partition coefficient (Wildman–Crippen LogP) is 3.44. The van der Waals surface area contributed by atoms with E-state index in [0.717, 1.165) is 38.1 Å². The third-order valence-corrected chi connectivity index (χ3v) is 4.33. The van der Waals surface area contributed by atoms with E-state index in [2.05, 4.69) is 56.6 Å². The number of nitrogens with zero attached hydrogens (tertiary/aromatic N) is 2. The first-order chi connectivity index (χ1) is 8.44. The van der Waals surface area contributed by atoms with Gasteiger partial charge >= 0.3 is 0 Å². The highest BCUT2D eigenvalue weighted by Gasteiger charge is 2.28. The van der Waals surface area contributed by atoms with Crippen molar-refractivity contribution in [3.8, 4) is 0 Å². The molecule has 3 nitrogen and oxygen atoms in total. The molecule has 19 heavy (non-hydrogen) atoms. The van der Waals surface area contributed by atoms with E-state index in [1.807, 2.05) is 0 Å². The SMILES string of the molecule is CCNC(=NCCC(C)C)N1CCSC(C)(C)C1.I. The van der Waals surface area contributed by atoms with Crippen LogP contribution in [0.2, 0.25) is 0 Å². The average Bonchev–Trinajstić information content (AvgIpc) is 2.26. The Morgan fingerprint density at radius 1 is 1.42 bits per heavy atom. The van der Waals surface area contributed by atoms with Crippen LogP contribution in [-0.4, -0.2) is 47.5 Å². The quantitative estimate of drug-likeness (QED) is 0.446. The van der Waals surface area contributed by atoms with Crippen LogP contribution in [0.5, 0.6) is 0 Å². The lowest BCUT2D eigenvalue weighted by molar-refractivity contribution is 0.375. The monoisotopic (exact) mass is 399 g/mol. The van der Waals surface area contributed by atoms with Gasteiger partial charge in [-0.05, 0) is 33.1 Å². The maximum atomic E-state index is 4.77. The molecule has 0 spiro atoms. The van der Waals surface area contributed by atoms with Gasteiger partial charge in [0.1, 0.15) is 0 Å². The second-order valence-electron chi connectivity index (χ2n) is 5.95. The third kappa shape index (κ3) is 7.63. The van der Waals surface area contributed by atoms with Crippen LogP contribution in [0.15, 0.2) is 4.99 Å². The smallest absolute Gasteiger partial charge is 0.193 e. The topological polar surface area (TPSA) is 27.6 Å². The summed E-state index contributed by atoms with van der Waals surface area (Å²) in [5.74, 6) is 3.03. The zero-order valence-electron chi connectivity index (χ0n) is 13.0. The van der Waals surface area contributed by atoms with E-state index in [0.29, 0.717) is 4.75 Å². The predicted molar refractivity (Wildman–Crippen MR) is 99.0 cm³/mol. The lowest BCUT2D eigenvalue weighted by Crippen LogP contribution is -2.51. The Kier molecular flexibility index (Phi) is 9.49. The van der Waals surface area contributed by atoms with Gasteiger partial charge in [-0.15, -0.1) is 24.0 Å². The first-order valence-electron chi connectivity index (χ1n) is 7.12. The molecule has 0 atom stereocenters. The van der Waals surface area contributed by atoms with Crippen LogP contribution >= 0.6 is 35.7 Å². The highest BCUT2D eigenvalue weighted by atomic mass is 127. The second-order valence-corrected chi connectivity index (χ2v) is 7.75. The molecule has 0 amide bonds. The molecule has 0 unspecified atom stereocenters. The number of thioether (sulfide) groups is 1. The van der Waals surface area contributed by atoms with Gasteiger partial charge in [0.05, 0.1) is 0 Å². The molecular formula is C14H30IN3S. The van der Waals surface area contributed by atoms with Crippen LogP contribution in [-0.2, 0) is 0 Å². The van der Waals surface area contributed by atoms with Gasteiger partial charge in [-0.25, -0.2) is 0 Å². The summed E-state index contributed by atoms with van der Waals surface area (Å²) in [4.78, 5) is 7.18. The standard InChI is InChI=1S/C14H29N3S.HI/c1-6-15-13(16-8-7-12(2)3)17-9-10-18-14(4,5)11-17;/h12H,6-11H2,1-5H3,(H,15,16);1H. The van der Waals surface area contributed by atoms with Crippen LogP contribution in [0.3, 0.4) is 0 Å². The maximum absolute atomic E-state index is 4.77. The van der Waals surface area contributed by atoms with E-state index in [4.69, 9.17) is 4.99 Å². The summed E-state index contributed by atoms with van der Waals surface area (Å²) < 4.78 is 0.340. The number of hydrogen-bond donors (Lipinski definition) is 1. The molecule has 0 saturated carbocycles. The van der Waals surface area contributed by atoms with E-state index in [1.54, 1.807) is 0 Å². The number of hydrogen-bond acceptors (Lipinski definition) is 2. The zero-order valence-corrected chi connectivity index (χ0v) is 16.2. The van der Waals surface area contributed by atoms with Crippen molar-refractivity contribution in [1.82, 2.24) is 10.2 Å². The highest BCUT2D eigenvalue weighted by Crippen LogP contribution is 2.29. The molecule has 0 aromatic heterocycles. The molecule has 0 aliphatic carbocycles. The fourth-order valence-corrected chi connectivity index (χ4v) is 3.16. The van der Waals surface area contributed by atoms with E-state index < -0.39 is 0 Å². The molecular weight excluding hydrogens is 369 g/mol. The van der Waals surface area contributed by atoms with Crippen molar-refractivity contribution in [2.45, 2.75) is 45.8 Å². The Morgan fingerprint density at radius 2 is 2.11 bits per heavy atom. The number of guanidine groups is 1. The highest BCUT2D eigenvalue weighted by molar-refractivity contribution is 14.0. The van der Waals surface area contributed by atoms with Crippen LogP contribution in [0.1, 0.15) is 41.0 Å². The van der Waals surface area contributed by atoms with Crippen molar-refractivity contribution in [1.29, 1.82) is 0 Å². The van der Waals surface area contributed by atoms with Crippen molar-refractivity contribution < 1.29 is 0 Å². The van der Waals surface area contributed by atoms with E-state index in [1.165, 1.54) is 12.2 Å². The lowest BCUT2D eigenvalue weighted by Gasteiger charge is -2.39. The van der Waals surface area contributed by atoms with Crippen LogP contribution < -0.4 is 5.32 Å². The minimum Gasteiger partial charge on any atom is -0.357 e. The summed E-state index contributed by atoms with van der Waals surface area (Å²) in [5.41, 5.74) is 0. The summed E-state index contributed by atoms with van der Waals surface area (Å²) in [6.45, 7) is 15.4. The Bertz CT molecular complexity index is 280. The van der Waals surface area contributed by atoms with Crippen LogP contribution in [0.25, 0.3) is 0 Å². The Labute approximate surface area is 140 Å². The molecule has 0 aromatic carbocycles. The maximum Gasteiger partial charge on any atom is 0.193 e. The van der Waals surface area contributed by atoms with Gasteiger partial charge < -0.3 is 10.2 Å². The Hall–Kier alpha value is 0.350. The van der Waals surface area contributed by atoms with Gasteiger partial charge in [-0.1, -0.05) is 13.8 Å². The van der Waals surface area contributed by atoms with Crippen LogP contribution in [0.4, 0.5) is 0 Å². The summed E-state index contributed by atoms with van der Waals surface area (Å²) in [5, 5.41) is 3.43. The van der Waals surface area contributed by atoms with Crippen molar-refractivity contribution >= 4 is 41.7 Å². The normalized spacial score (nSPS) is 19.3. The minimum atomic E-state index is 0. The lowest BCUT2D eigenvalue weighted by atomic mass is 10.1. The molecule has 1 heterocycles. The second kappa shape index (κ2) is 9.32. The fraction of sp³-hybridized carbons (Fsp3) is 0.929. The summed E-state index contributed by atoms with van der Waals surface area (Å²) in [6.07, 6.45) is 1.17. The number of rotatable bonds is 4. The number of aliphatic imine (C=N–C) groups is 1. The van der Waals surface area contributed by atoms with Crippen LogP contribution in [0, 0.1) is 5.92 Å². The van der Waals surface area contributed by atoms with Gasteiger partial charge in [0, 0.05) is 36.7 Å². The summed E-state index contributed by atoms with van der Waals surface area (Å²) in [7, 11) is 0. The van der Waals surface area contributed by atoms with Crippen molar-refractivity contribution in [2.24, 2.45) is 10.9 Å². The molecule has 114 valence electrons. The van der Waals surface area contributed by atoms with Crippen molar-refractivity contribution in [3.05, 3.63) is 0 Å². The van der Waals surface area contributed by atoms with Crippen molar-refractivity contribution in [3.63, 3.8) is 0 Å². The first kappa shape index (κ1) is 19.4. The van der Waals surface area contributed by atoms with Gasteiger partial charge in [-0.3, -0.25) is 4.99 Å². The average molecular weight is 399 g/mol. The number of nitrogens with one attached hydrogen (secondary N) is 1. The van der Waals surface area contributed by atoms with Crippen molar-refractivity contribution in [2.75, 3.05) is 31.9 Å². The molecule has 1 rings (SSSR count). The van der Waals surface area contributed by atoms with E-state index in [9.17, 15) is 0 Å². The molecule has 1 fully saturated rings. The minimum absolute atomic E-state index is 0. The Morgan fingerprint density at radius 3 is 2.63 bits per heavy atom. The molecule has 1 N–H and O–H groups in total. The Balaban J connectivity index is 0.00000324. The molecule has 1 saturated heterocycles. The number of halogens is 1. The van der Waals surface area contributed by atoms with Gasteiger partial charge in [0.2, 0.25) is 0 Å². The van der Waals surface area contributed by atoms with E-state index >= 15 is 0 Å².